The monoisotopic (exact) mass is 220 g/mol. The maximum Gasteiger partial charge on any atom is 0.359 e. The summed E-state index contributed by atoms with van der Waals surface area (Å²) < 4.78 is 9.97. The van der Waals surface area contributed by atoms with E-state index in [9.17, 15) is 4.79 Å². The van der Waals surface area contributed by atoms with Gasteiger partial charge in [-0.3, -0.25) is 5.10 Å². The highest BCUT2D eigenvalue weighted by molar-refractivity contribution is 6.02. The van der Waals surface area contributed by atoms with Crippen molar-refractivity contribution in [2.75, 3.05) is 13.7 Å². The SMILES string of the molecule is CCOC(=O)c1n[nH]c2cc(OC)ccc12. The molecule has 0 saturated heterocycles. The lowest BCUT2D eigenvalue weighted by Gasteiger charge is -1.99. The number of fused-ring (bicyclic) bond motifs is 1. The van der Waals surface area contributed by atoms with E-state index in [1.54, 1.807) is 32.2 Å². The van der Waals surface area contributed by atoms with E-state index in [0.29, 0.717) is 18.1 Å². The van der Waals surface area contributed by atoms with Crippen LogP contribution in [-0.4, -0.2) is 29.9 Å². The van der Waals surface area contributed by atoms with Crippen LogP contribution < -0.4 is 4.74 Å². The van der Waals surface area contributed by atoms with Crippen molar-refractivity contribution in [3.8, 4) is 5.75 Å². The molecule has 84 valence electrons. The van der Waals surface area contributed by atoms with Gasteiger partial charge in [-0.05, 0) is 19.1 Å². The predicted octanol–water partition coefficient (Wildman–Crippen LogP) is 1.75. The van der Waals surface area contributed by atoms with Gasteiger partial charge in [0.15, 0.2) is 5.69 Å². The number of methoxy groups -OCH3 is 1. The molecule has 0 fully saturated rings. The molecule has 1 N–H and O–H groups in total. The fourth-order valence-corrected chi connectivity index (χ4v) is 1.48. The molecule has 5 heteroatoms. The number of rotatable bonds is 3. The van der Waals surface area contributed by atoms with Crippen LogP contribution in [0.2, 0.25) is 0 Å². The van der Waals surface area contributed by atoms with Gasteiger partial charge in [-0.15, -0.1) is 0 Å². The van der Waals surface area contributed by atoms with Gasteiger partial charge in [0, 0.05) is 11.5 Å². The van der Waals surface area contributed by atoms with Crippen molar-refractivity contribution in [1.29, 1.82) is 0 Å². The third-order valence-corrected chi connectivity index (χ3v) is 2.24. The quantitative estimate of drug-likeness (QED) is 0.800. The average Bonchev–Trinajstić information content (AvgIpc) is 2.71. The molecule has 0 bridgehead atoms. The maximum absolute atomic E-state index is 11.5. The van der Waals surface area contributed by atoms with E-state index in [4.69, 9.17) is 9.47 Å². The van der Waals surface area contributed by atoms with E-state index < -0.39 is 5.97 Å². The van der Waals surface area contributed by atoms with Crippen molar-refractivity contribution in [3.63, 3.8) is 0 Å². The standard InChI is InChI=1S/C11H12N2O3/c1-3-16-11(14)10-8-5-4-7(15-2)6-9(8)12-13-10/h4-6H,3H2,1-2H3,(H,12,13). The molecule has 0 spiro atoms. The molecule has 2 rings (SSSR count). The summed E-state index contributed by atoms with van der Waals surface area (Å²) in [6, 6.07) is 5.34. The summed E-state index contributed by atoms with van der Waals surface area (Å²) in [5.74, 6) is 0.297. The molecule has 0 amide bonds. The van der Waals surface area contributed by atoms with Gasteiger partial charge in [-0.25, -0.2) is 4.79 Å². The molecule has 0 unspecified atom stereocenters. The second-order valence-corrected chi connectivity index (χ2v) is 3.20. The van der Waals surface area contributed by atoms with Crippen LogP contribution in [0.25, 0.3) is 10.9 Å². The number of aromatic amines is 1. The summed E-state index contributed by atoms with van der Waals surface area (Å²) >= 11 is 0. The zero-order chi connectivity index (χ0) is 11.5. The van der Waals surface area contributed by atoms with Gasteiger partial charge in [-0.1, -0.05) is 0 Å². The number of aromatic nitrogens is 2. The fraction of sp³-hybridized carbons (Fsp3) is 0.273. The second-order valence-electron chi connectivity index (χ2n) is 3.20. The largest absolute Gasteiger partial charge is 0.497 e. The van der Waals surface area contributed by atoms with Crippen molar-refractivity contribution >= 4 is 16.9 Å². The van der Waals surface area contributed by atoms with E-state index in [2.05, 4.69) is 10.2 Å². The minimum Gasteiger partial charge on any atom is -0.497 e. The highest BCUT2D eigenvalue weighted by Gasteiger charge is 2.15. The Hall–Kier alpha value is -2.04. The number of hydrogen-bond acceptors (Lipinski definition) is 4. The zero-order valence-corrected chi connectivity index (χ0v) is 9.11. The Labute approximate surface area is 92.4 Å². The summed E-state index contributed by atoms with van der Waals surface area (Å²) in [6.45, 7) is 2.10. The van der Waals surface area contributed by atoms with Crippen molar-refractivity contribution in [3.05, 3.63) is 23.9 Å². The molecule has 0 atom stereocenters. The Kier molecular flexibility index (Phi) is 2.76. The number of benzene rings is 1. The molecular weight excluding hydrogens is 208 g/mol. The van der Waals surface area contributed by atoms with Gasteiger partial charge >= 0.3 is 5.97 Å². The molecule has 0 aliphatic rings. The first-order chi connectivity index (χ1) is 7.76. The van der Waals surface area contributed by atoms with Crippen molar-refractivity contribution in [1.82, 2.24) is 10.2 Å². The van der Waals surface area contributed by atoms with Gasteiger partial charge in [-0.2, -0.15) is 5.10 Å². The molecule has 1 aromatic heterocycles. The van der Waals surface area contributed by atoms with Crippen molar-refractivity contribution in [2.45, 2.75) is 6.92 Å². The molecule has 0 radical (unpaired) electrons. The van der Waals surface area contributed by atoms with Crippen LogP contribution in [0.5, 0.6) is 5.75 Å². The van der Waals surface area contributed by atoms with Crippen LogP contribution in [0.15, 0.2) is 18.2 Å². The summed E-state index contributed by atoms with van der Waals surface area (Å²) in [6.07, 6.45) is 0. The molecule has 0 saturated carbocycles. The van der Waals surface area contributed by atoms with Gasteiger partial charge in [0.05, 0.1) is 19.2 Å². The first-order valence-corrected chi connectivity index (χ1v) is 4.95. The Morgan fingerprint density at radius 1 is 1.50 bits per heavy atom. The minimum atomic E-state index is -0.418. The average molecular weight is 220 g/mol. The lowest BCUT2D eigenvalue weighted by molar-refractivity contribution is 0.0521. The molecular formula is C11H12N2O3. The smallest absolute Gasteiger partial charge is 0.359 e. The zero-order valence-electron chi connectivity index (χ0n) is 9.11. The van der Waals surface area contributed by atoms with Gasteiger partial charge in [0.1, 0.15) is 5.75 Å². The van der Waals surface area contributed by atoms with Crippen molar-refractivity contribution < 1.29 is 14.3 Å². The van der Waals surface area contributed by atoms with Crippen LogP contribution in [0.1, 0.15) is 17.4 Å². The highest BCUT2D eigenvalue weighted by atomic mass is 16.5. The fourth-order valence-electron chi connectivity index (χ4n) is 1.48. The van der Waals surface area contributed by atoms with Gasteiger partial charge in [0.25, 0.3) is 0 Å². The molecule has 1 aromatic carbocycles. The summed E-state index contributed by atoms with van der Waals surface area (Å²) in [4.78, 5) is 11.5. The molecule has 0 aliphatic heterocycles. The molecule has 0 aliphatic carbocycles. The van der Waals surface area contributed by atoms with Gasteiger partial charge in [0.2, 0.25) is 0 Å². The Morgan fingerprint density at radius 3 is 3.00 bits per heavy atom. The summed E-state index contributed by atoms with van der Waals surface area (Å²) in [5.41, 5.74) is 1.06. The van der Waals surface area contributed by atoms with E-state index in [0.717, 1.165) is 10.9 Å². The van der Waals surface area contributed by atoms with Gasteiger partial charge < -0.3 is 9.47 Å². The number of esters is 1. The van der Waals surface area contributed by atoms with Crippen LogP contribution in [0.3, 0.4) is 0 Å². The van der Waals surface area contributed by atoms with Crippen LogP contribution in [-0.2, 0) is 4.74 Å². The second kappa shape index (κ2) is 4.22. The predicted molar refractivity (Wildman–Crippen MR) is 58.6 cm³/mol. The van der Waals surface area contributed by atoms with Crippen LogP contribution in [0, 0.1) is 0 Å². The molecule has 5 nitrogen and oxygen atoms in total. The Morgan fingerprint density at radius 2 is 2.31 bits per heavy atom. The highest BCUT2D eigenvalue weighted by Crippen LogP contribution is 2.21. The summed E-state index contributed by atoms with van der Waals surface area (Å²) in [7, 11) is 1.59. The number of hydrogen-bond donors (Lipinski definition) is 1. The number of H-pyrrole nitrogens is 1. The number of ether oxygens (including phenoxy) is 2. The topological polar surface area (TPSA) is 64.2 Å². The Balaban J connectivity index is 2.45. The van der Waals surface area contributed by atoms with E-state index in [1.807, 2.05) is 0 Å². The lowest BCUT2D eigenvalue weighted by atomic mass is 10.2. The van der Waals surface area contributed by atoms with E-state index in [-0.39, 0.29) is 0 Å². The first-order valence-electron chi connectivity index (χ1n) is 4.95. The van der Waals surface area contributed by atoms with Crippen molar-refractivity contribution in [2.24, 2.45) is 0 Å². The number of carbonyl (C=O) groups excluding carboxylic acids is 1. The van der Waals surface area contributed by atoms with Crippen LogP contribution >= 0.6 is 0 Å². The number of nitrogens with zero attached hydrogens (tertiary/aromatic N) is 1. The number of carbonyl (C=O) groups is 1. The Bertz CT molecular complexity index is 519. The normalized spacial score (nSPS) is 10.4. The van der Waals surface area contributed by atoms with E-state index >= 15 is 0 Å². The molecule has 16 heavy (non-hydrogen) atoms. The maximum atomic E-state index is 11.5. The third kappa shape index (κ3) is 1.71. The third-order valence-electron chi connectivity index (χ3n) is 2.24. The molecule has 1 heterocycles. The first kappa shape index (κ1) is 10.5. The van der Waals surface area contributed by atoms with E-state index in [1.165, 1.54) is 0 Å². The lowest BCUT2D eigenvalue weighted by Crippen LogP contribution is -2.05. The summed E-state index contributed by atoms with van der Waals surface area (Å²) in [5, 5.41) is 7.44. The minimum absolute atomic E-state index is 0.305. The van der Waals surface area contributed by atoms with Crippen LogP contribution in [0.4, 0.5) is 0 Å². The number of nitrogens with one attached hydrogen (secondary N) is 1. The molecule has 2 aromatic rings.